The summed E-state index contributed by atoms with van der Waals surface area (Å²) in [7, 11) is 0. The summed E-state index contributed by atoms with van der Waals surface area (Å²) < 4.78 is 7.62. The van der Waals surface area contributed by atoms with Crippen molar-refractivity contribution in [2.24, 2.45) is 0 Å². The van der Waals surface area contributed by atoms with Gasteiger partial charge in [-0.25, -0.2) is 9.97 Å². The van der Waals surface area contributed by atoms with Crippen LogP contribution in [0, 0.1) is 6.92 Å². The molecular formula is C18H18N6OS. The highest BCUT2D eigenvalue weighted by molar-refractivity contribution is 7.12. The summed E-state index contributed by atoms with van der Waals surface area (Å²) in [5.41, 5.74) is 4.33. The number of nitrogens with one attached hydrogen (secondary N) is 1. The molecule has 0 bridgehead atoms. The summed E-state index contributed by atoms with van der Waals surface area (Å²) in [5, 5.41) is 6.98. The fraction of sp³-hybridized carbons (Fsp3) is 0.278. The van der Waals surface area contributed by atoms with Crippen LogP contribution in [0.4, 0.5) is 0 Å². The van der Waals surface area contributed by atoms with E-state index >= 15 is 0 Å². The van der Waals surface area contributed by atoms with E-state index in [0.29, 0.717) is 6.54 Å². The molecule has 1 N–H and O–H groups in total. The maximum Gasteiger partial charge on any atom is 0.193 e. The van der Waals surface area contributed by atoms with E-state index in [1.807, 2.05) is 24.6 Å². The number of aryl methyl sites for hydroxylation is 1. The smallest absolute Gasteiger partial charge is 0.193 e. The van der Waals surface area contributed by atoms with Gasteiger partial charge in [0.25, 0.3) is 0 Å². The summed E-state index contributed by atoms with van der Waals surface area (Å²) in [4.78, 5) is 14.8. The van der Waals surface area contributed by atoms with E-state index in [4.69, 9.17) is 4.52 Å². The molecule has 8 heteroatoms. The van der Waals surface area contributed by atoms with E-state index in [-0.39, 0.29) is 6.04 Å². The highest BCUT2D eigenvalue weighted by Gasteiger charge is 2.33. The molecule has 5 heterocycles. The monoisotopic (exact) mass is 366 g/mol. The van der Waals surface area contributed by atoms with Gasteiger partial charge in [0, 0.05) is 48.2 Å². The molecule has 26 heavy (non-hydrogen) atoms. The Labute approximate surface area is 154 Å². The van der Waals surface area contributed by atoms with Crippen LogP contribution in [0.5, 0.6) is 0 Å². The average molecular weight is 366 g/mol. The first-order valence-corrected chi connectivity index (χ1v) is 9.43. The molecule has 4 aromatic rings. The molecule has 0 aliphatic carbocycles. The van der Waals surface area contributed by atoms with E-state index in [0.717, 1.165) is 40.9 Å². The lowest BCUT2D eigenvalue weighted by molar-refractivity contribution is 0.174. The van der Waals surface area contributed by atoms with Gasteiger partial charge in [0.1, 0.15) is 0 Å². The van der Waals surface area contributed by atoms with Crippen molar-refractivity contribution in [3.05, 3.63) is 70.8 Å². The largest absolute Gasteiger partial charge is 0.360 e. The first-order valence-electron chi connectivity index (χ1n) is 8.55. The Bertz CT molecular complexity index is 1010. The van der Waals surface area contributed by atoms with Gasteiger partial charge in [-0.05, 0) is 19.1 Å². The Kier molecular flexibility index (Phi) is 3.72. The molecule has 1 atom stereocenters. The number of hydrogen-bond donors (Lipinski definition) is 1. The third kappa shape index (κ3) is 2.58. The van der Waals surface area contributed by atoms with Crippen LogP contribution < -0.4 is 0 Å². The lowest BCUT2D eigenvalue weighted by Gasteiger charge is -2.34. The minimum absolute atomic E-state index is 0.0364. The van der Waals surface area contributed by atoms with Crippen molar-refractivity contribution in [1.82, 2.24) is 29.6 Å². The molecule has 0 amide bonds. The normalized spacial score (nSPS) is 17.5. The molecule has 0 aromatic carbocycles. The van der Waals surface area contributed by atoms with Crippen molar-refractivity contribution >= 4 is 11.3 Å². The van der Waals surface area contributed by atoms with Gasteiger partial charge in [-0.3, -0.25) is 9.47 Å². The molecule has 5 rings (SSSR count). The van der Waals surface area contributed by atoms with Crippen LogP contribution in [0.1, 0.15) is 34.6 Å². The first kappa shape index (κ1) is 15.5. The average Bonchev–Trinajstić information content (AvgIpc) is 3.42. The lowest BCUT2D eigenvalue weighted by Crippen LogP contribution is -2.36. The van der Waals surface area contributed by atoms with E-state index in [1.165, 1.54) is 5.69 Å². The van der Waals surface area contributed by atoms with Crippen LogP contribution in [-0.4, -0.2) is 36.1 Å². The third-order valence-electron chi connectivity index (χ3n) is 4.75. The van der Waals surface area contributed by atoms with Gasteiger partial charge in [-0.15, -0.1) is 11.3 Å². The van der Waals surface area contributed by atoms with Crippen molar-refractivity contribution < 1.29 is 4.52 Å². The van der Waals surface area contributed by atoms with E-state index < -0.39 is 0 Å². The van der Waals surface area contributed by atoms with E-state index in [9.17, 15) is 0 Å². The van der Waals surface area contributed by atoms with Gasteiger partial charge >= 0.3 is 0 Å². The minimum atomic E-state index is 0.0364. The number of fused-ring (bicyclic) bond motifs is 1. The Morgan fingerprint density at radius 3 is 3.15 bits per heavy atom. The van der Waals surface area contributed by atoms with Crippen LogP contribution in [0.2, 0.25) is 0 Å². The second-order valence-corrected chi connectivity index (χ2v) is 7.31. The van der Waals surface area contributed by atoms with Gasteiger partial charge < -0.3 is 9.51 Å². The van der Waals surface area contributed by atoms with E-state index in [2.05, 4.69) is 47.9 Å². The van der Waals surface area contributed by atoms with Gasteiger partial charge in [0.2, 0.25) is 0 Å². The number of aromatic amines is 1. The highest BCUT2D eigenvalue weighted by atomic mass is 32.1. The second-order valence-electron chi connectivity index (χ2n) is 6.44. The molecule has 0 radical (unpaired) electrons. The summed E-state index contributed by atoms with van der Waals surface area (Å²) in [6, 6.07) is 6.24. The van der Waals surface area contributed by atoms with E-state index in [1.54, 1.807) is 17.7 Å². The Balaban J connectivity index is 1.58. The lowest BCUT2D eigenvalue weighted by atomic mass is 9.99. The summed E-state index contributed by atoms with van der Waals surface area (Å²) in [6.45, 7) is 3.56. The van der Waals surface area contributed by atoms with Gasteiger partial charge in [-0.2, -0.15) is 0 Å². The molecule has 0 saturated carbocycles. The molecular weight excluding hydrogens is 348 g/mol. The van der Waals surface area contributed by atoms with Crippen molar-refractivity contribution in [2.45, 2.75) is 25.9 Å². The second kappa shape index (κ2) is 6.22. The zero-order valence-electron chi connectivity index (χ0n) is 14.3. The molecule has 132 valence electrons. The SMILES string of the molecule is Cc1cc(CN2CCc3[nH]cnc3[C@@H]2c2cccn2-c2nccs2)on1. The standard InChI is InChI=1S/C18H18N6OS/c1-12-9-13(25-22-12)10-23-7-4-14-16(21-11-20-14)17(23)15-3-2-6-24(15)18-19-5-8-26-18/h2-3,5-6,8-9,11,17H,4,7,10H2,1H3,(H,20,21)/t17-/m0/s1. The number of hydrogen-bond acceptors (Lipinski definition) is 6. The highest BCUT2D eigenvalue weighted by Crippen LogP contribution is 2.36. The van der Waals surface area contributed by atoms with Crippen molar-refractivity contribution in [3.8, 4) is 5.13 Å². The quantitative estimate of drug-likeness (QED) is 0.601. The molecule has 0 spiro atoms. The van der Waals surface area contributed by atoms with Crippen molar-refractivity contribution in [3.63, 3.8) is 0 Å². The number of rotatable bonds is 4. The van der Waals surface area contributed by atoms with Crippen molar-refractivity contribution in [1.29, 1.82) is 0 Å². The molecule has 4 aromatic heterocycles. The predicted octanol–water partition coefficient (Wildman–Crippen LogP) is 3.10. The number of H-pyrrole nitrogens is 1. The summed E-state index contributed by atoms with van der Waals surface area (Å²) in [6.07, 6.45) is 6.62. The predicted molar refractivity (Wildman–Crippen MR) is 97.2 cm³/mol. The van der Waals surface area contributed by atoms with Crippen LogP contribution in [0.3, 0.4) is 0 Å². The number of imidazole rings is 1. The molecule has 0 fully saturated rings. The molecule has 7 nitrogen and oxygen atoms in total. The zero-order valence-corrected chi connectivity index (χ0v) is 15.1. The third-order valence-corrected chi connectivity index (χ3v) is 5.52. The number of thiazole rings is 1. The maximum absolute atomic E-state index is 5.47. The Hall–Kier alpha value is -2.71. The van der Waals surface area contributed by atoms with Crippen LogP contribution >= 0.6 is 11.3 Å². The number of aromatic nitrogens is 5. The van der Waals surface area contributed by atoms with Gasteiger partial charge in [0.15, 0.2) is 10.9 Å². The number of nitrogens with zero attached hydrogens (tertiary/aromatic N) is 5. The molecule has 1 aliphatic heterocycles. The molecule has 0 unspecified atom stereocenters. The van der Waals surface area contributed by atoms with Crippen LogP contribution in [-0.2, 0) is 13.0 Å². The molecule has 0 saturated heterocycles. The fourth-order valence-electron chi connectivity index (χ4n) is 3.64. The van der Waals surface area contributed by atoms with Crippen molar-refractivity contribution in [2.75, 3.05) is 6.54 Å². The Morgan fingerprint density at radius 1 is 1.38 bits per heavy atom. The van der Waals surface area contributed by atoms with Gasteiger partial charge in [0.05, 0.1) is 30.3 Å². The Morgan fingerprint density at radius 2 is 2.35 bits per heavy atom. The fourth-order valence-corrected chi connectivity index (χ4v) is 4.28. The summed E-state index contributed by atoms with van der Waals surface area (Å²) >= 11 is 1.63. The maximum atomic E-state index is 5.47. The topological polar surface area (TPSA) is 75.8 Å². The first-order chi connectivity index (χ1) is 12.8. The van der Waals surface area contributed by atoms with Crippen LogP contribution in [0.15, 0.2) is 46.8 Å². The molecule has 1 aliphatic rings. The van der Waals surface area contributed by atoms with Crippen LogP contribution in [0.25, 0.3) is 5.13 Å². The minimum Gasteiger partial charge on any atom is -0.360 e. The van der Waals surface area contributed by atoms with Gasteiger partial charge in [-0.1, -0.05) is 5.16 Å². The summed E-state index contributed by atoms with van der Waals surface area (Å²) in [5.74, 6) is 0.874. The zero-order chi connectivity index (χ0) is 17.5.